The van der Waals surface area contributed by atoms with E-state index in [4.69, 9.17) is 0 Å². The Hall–Kier alpha value is -2.52. The zero-order valence-corrected chi connectivity index (χ0v) is 22.9. The summed E-state index contributed by atoms with van der Waals surface area (Å²) in [6, 6.07) is 9.13. The van der Waals surface area contributed by atoms with Crippen molar-refractivity contribution in [2.45, 2.75) is 64.7 Å². The zero-order valence-electron chi connectivity index (χ0n) is 22.1. The first kappa shape index (κ1) is 30.7. The molecule has 0 aromatic heterocycles. The molecule has 0 spiro atoms. The van der Waals surface area contributed by atoms with Crippen molar-refractivity contribution >= 4 is 15.7 Å². The van der Waals surface area contributed by atoms with Crippen LogP contribution in [0.1, 0.15) is 65.4 Å². The molecule has 0 heterocycles. The number of rotatable bonds is 9. The molecule has 0 saturated heterocycles. The van der Waals surface area contributed by atoms with Gasteiger partial charge in [-0.05, 0) is 68.7 Å². The molecule has 1 aliphatic carbocycles. The van der Waals surface area contributed by atoms with Gasteiger partial charge < -0.3 is 0 Å². The van der Waals surface area contributed by atoms with Crippen LogP contribution in [0.15, 0.2) is 63.7 Å². The third-order valence-electron chi connectivity index (χ3n) is 6.33. The standard InChI is InChI=1S/C26H32F3N3O2S.C2H6/c1-3-30-31-24(26-22(28)12-8-13-23(26)29)17-19-9-7-10-20(16-15-19)18-32(4-2)35(33,34)25-14-6-5-11-21(25)27;1-2/h5-6,8,11-14,17,19-20H,3-4,7,9-10,15-16,18H2,1-2H3;1-2H3/b24-17-,31-30?;. The lowest BCUT2D eigenvalue weighted by Gasteiger charge is -2.25. The molecule has 0 bridgehead atoms. The van der Waals surface area contributed by atoms with Crippen molar-refractivity contribution in [1.82, 2.24) is 4.31 Å². The first-order chi connectivity index (χ1) is 17.8. The van der Waals surface area contributed by atoms with Gasteiger partial charge in [-0.1, -0.05) is 51.5 Å². The van der Waals surface area contributed by atoms with E-state index in [9.17, 15) is 21.6 Å². The molecule has 2 atom stereocenters. The molecule has 0 amide bonds. The molecule has 3 rings (SSSR count). The van der Waals surface area contributed by atoms with Gasteiger partial charge in [0.05, 0.1) is 17.8 Å². The first-order valence-electron chi connectivity index (χ1n) is 13.1. The highest BCUT2D eigenvalue weighted by Gasteiger charge is 2.29. The van der Waals surface area contributed by atoms with Crippen molar-refractivity contribution in [3.63, 3.8) is 0 Å². The number of azo groups is 1. The lowest BCUT2D eigenvalue weighted by atomic mass is 9.96. The fourth-order valence-electron chi connectivity index (χ4n) is 4.51. The highest BCUT2D eigenvalue weighted by atomic mass is 32.2. The van der Waals surface area contributed by atoms with Gasteiger partial charge in [0.2, 0.25) is 10.0 Å². The molecule has 204 valence electrons. The summed E-state index contributed by atoms with van der Waals surface area (Å²) < 4.78 is 70.5. The Balaban J connectivity index is 0.00000235. The first-order valence-corrected chi connectivity index (χ1v) is 14.5. The monoisotopic (exact) mass is 537 g/mol. The van der Waals surface area contributed by atoms with Crippen LogP contribution in [0, 0.1) is 29.3 Å². The molecule has 37 heavy (non-hydrogen) atoms. The van der Waals surface area contributed by atoms with Crippen molar-refractivity contribution in [3.8, 4) is 0 Å². The van der Waals surface area contributed by atoms with Crippen LogP contribution in [-0.4, -0.2) is 32.4 Å². The molecule has 9 heteroatoms. The Morgan fingerprint density at radius 1 is 0.946 bits per heavy atom. The van der Waals surface area contributed by atoms with Crippen LogP contribution >= 0.6 is 0 Å². The number of sulfonamides is 1. The van der Waals surface area contributed by atoms with Crippen LogP contribution in [0.4, 0.5) is 13.2 Å². The Bertz CT molecular complexity index is 1150. The number of halogens is 3. The lowest BCUT2D eigenvalue weighted by Crippen LogP contribution is -2.35. The Kier molecular flexibility index (Phi) is 12.5. The van der Waals surface area contributed by atoms with Gasteiger partial charge >= 0.3 is 0 Å². The SMILES string of the molecule is CC.CCN=N/C(=C\C1CCCC(CN(CC)S(=O)(=O)c2ccccc2F)CC1)c1c(F)cccc1F. The van der Waals surface area contributed by atoms with Crippen molar-refractivity contribution in [2.75, 3.05) is 19.6 Å². The minimum absolute atomic E-state index is 0.0306. The maximum atomic E-state index is 14.4. The van der Waals surface area contributed by atoms with Crippen LogP contribution in [0.25, 0.3) is 5.70 Å². The normalized spacial score (nSPS) is 19.0. The van der Waals surface area contributed by atoms with E-state index in [0.717, 1.165) is 38.2 Å². The summed E-state index contributed by atoms with van der Waals surface area (Å²) in [6.07, 6.45) is 5.70. The van der Waals surface area contributed by atoms with Gasteiger partial charge in [0, 0.05) is 13.1 Å². The highest BCUT2D eigenvalue weighted by Crippen LogP contribution is 2.33. The van der Waals surface area contributed by atoms with Crippen molar-refractivity contribution in [2.24, 2.45) is 22.1 Å². The Morgan fingerprint density at radius 3 is 2.22 bits per heavy atom. The summed E-state index contributed by atoms with van der Waals surface area (Å²) in [5.74, 6) is -2.00. The van der Waals surface area contributed by atoms with E-state index in [1.807, 2.05) is 13.8 Å². The molecule has 0 radical (unpaired) electrons. The summed E-state index contributed by atoms with van der Waals surface area (Å²) in [7, 11) is -3.95. The maximum absolute atomic E-state index is 14.4. The fraction of sp³-hybridized carbons (Fsp3) is 0.500. The van der Waals surface area contributed by atoms with Crippen molar-refractivity contribution in [1.29, 1.82) is 0 Å². The van der Waals surface area contributed by atoms with Crippen molar-refractivity contribution in [3.05, 3.63) is 71.6 Å². The quantitative estimate of drug-likeness (QED) is 0.242. The van der Waals surface area contributed by atoms with Crippen LogP contribution < -0.4 is 0 Å². The molecular formula is C28H38F3N3O2S. The summed E-state index contributed by atoms with van der Waals surface area (Å²) in [5, 5.41) is 8.06. The molecule has 2 aromatic rings. The second-order valence-electron chi connectivity index (χ2n) is 8.73. The summed E-state index contributed by atoms with van der Waals surface area (Å²) >= 11 is 0. The summed E-state index contributed by atoms with van der Waals surface area (Å²) in [4.78, 5) is -0.311. The van der Waals surface area contributed by atoms with E-state index < -0.39 is 27.5 Å². The number of nitrogens with zero attached hydrogens (tertiary/aromatic N) is 3. The van der Waals surface area contributed by atoms with Crippen LogP contribution in [-0.2, 0) is 10.0 Å². The lowest BCUT2D eigenvalue weighted by molar-refractivity contribution is 0.325. The van der Waals surface area contributed by atoms with Gasteiger partial charge in [0.25, 0.3) is 0 Å². The number of hydrogen-bond acceptors (Lipinski definition) is 4. The maximum Gasteiger partial charge on any atom is 0.245 e. The molecule has 0 N–H and O–H groups in total. The topological polar surface area (TPSA) is 62.1 Å². The average Bonchev–Trinajstić information content (AvgIpc) is 3.11. The van der Waals surface area contributed by atoms with Crippen LogP contribution in [0.2, 0.25) is 0 Å². The smallest absolute Gasteiger partial charge is 0.207 e. The Morgan fingerprint density at radius 2 is 1.59 bits per heavy atom. The minimum Gasteiger partial charge on any atom is -0.207 e. The predicted molar refractivity (Wildman–Crippen MR) is 142 cm³/mol. The average molecular weight is 538 g/mol. The van der Waals surface area contributed by atoms with Gasteiger partial charge in [-0.2, -0.15) is 14.5 Å². The highest BCUT2D eigenvalue weighted by molar-refractivity contribution is 7.89. The van der Waals surface area contributed by atoms with E-state index >= 15 is 0 Å². The van der Waals surface area contributed by atoms with Crippen LogP contribution in [0.3, 0.4) is 0 Å². The third kappa shape index (κ3) is 8.23. The predicted octanol–water partition coefficient (Wildman–Crippen LogP) is 7.85. The minimum atomic E-state index is -3.95. The molecule has 1 aliphatic rings. The molecule has 1 fully saturated rings. The number of benzene rings is 2. The number of hydrogen-bond donors (Lipinski definition) is 0. The van der Waals surface area contributed by atoms with Crippen LogP contribution in [0.5, 0.6) is 0 Å². The second-order valence-corrected chi connectivity index (χ2v) is 10.6. The van der Waals surface area contributed by atoms with E-state index in [0.29, 0.717) is 13.1 Å². The zero-order chi connectivity index (χ0) is 27.4. The second kappa shape index (κ2) is 15.0. The largest absolute Gasteiger partial charge is 0.245 e. The molecule has 1 saturated carbocycles. The summed E-state index contributed by atoms with van der Waals surface area (Å²) in [6.45, 7) is 8.47. The van der Waals surface area contributed by atoms with Crippen molar-refractivity contribution < 1.29 is 21.6 Å². The summed E-state index contributed by atoms with van der Waals surface area (Å²) in [5.41, 5.74) is 0.00171. The fourth-order valence-corrected chi connectivity index (χ4v) is 6.10. The molecule has 2 unspecified atom stereocenters. The Labute approximate surface area is 219 Å². The van der Waals surface area contributed by atoms with Gasteiger partial charge in [0.15, 0.2) is 0 Å². The van der Waals surface area contributed by atoms with Gasteiger partial charge in [-0.25, -0.2) is 21.6 Å². The molecular weight excluding hydrogens is 499 g/mol. The van der Waals surface area contributed by atoms with Gasteiger partial charge in [0.1, 0.15) is 22.3 Å². The van der Waals surface area contributed by atoms with E-state index in [1.165, 1.54) is 40.7 Å². The molecule has 5 nitrogen and oxygen atoms in total. The van der Waals surface area contributed by atoms with E-state index in [2.05, 4.69) is 10.2 Å². The third-order valence-corrected chi connectivity index (χ3v) is 8.31. The molecule has 2 aromatic carbocycles. The van der Waals surface area contributed by atoms with Gasteiger partial charge in [-0.3, -0.25) is 0 Å². The number of allylic oxidation sites excluding steroid dienone is 1. The molecule has 0 aliphatic heterocycles. The van der Waals surface area contributed by atoms with E-state index in [1.54, 1.807) is 19.9 Å². The van der Waals surface area contributed by atoms with E-state index in [-0.39, 0.29) is 34.5 Å². The van der Waals surface area contributed by atoms with Gasteiger partial charge in [-0.15, -0.1) is 0 Å².